The third-order valence-corrected chi connectivity index (χ3v) is 10.6. The average Bonchev–Trinajstić information content (AvgIpc) is 3.47. The number of nitrogens with one attached hydrogen (secondary N) is 1. The number of rotatable bonds is 7. The van der Waals surface area contributed by atoms with Gasteiger partial charge in [-0.05, 0) is 87.2 Å². The number of amides is 1. The Balaban J connectivity index is 1.21. The summed E-state index contributed by atoms with van der Waals surface area (Å²) in [5, 5.41) is 24.8. The summed E-state index contributed by atoms with van der Waals surface area (Å²) in [5.74, 6) is 1.60. The molecule has 8 heteroatoms. The fourth-order valence-corrected chi connectivity index (χ4v) is 9.25. The SMILES string of the molecule is O=C(O)C[C@@H]1CCN(c2ccc(C(=O)N[C@H]3C4CC5CC3C[C@](O)(C5)C4)c(SC3CCCC3)n2)C1. The van der Waals surface area contributed by atoms with Gasteiger partial charge >= 0.3 is 5.97 Å². The predicted molar refractivity (Wildman–Crippen MR) is 135 cm³/mol. The number of nitrogens with zero attached hydrogens (tertiary/aromatic N) is 2. The topological polar surface area (TPSA) is 103 Å². The molecule has 190 valence electrons. The van der Waals surface area contributed by atoms with Crippen molar-refractivity contribution in [2.24, 2.45) is 23.7 Å². The van der Waals surface area contributed by atoms with Gasteiger partial charge in [0.25, 0.3) is 5.91 Å². The van der Waals surface area contributed by atoms with E-state index in [0.717, 1.165) is 68.8 Å². The maximum Gasteiger partial charge on any atom is 0.303 e. The molecule has 0 spiro atoms. The molecule has 0 radical (unpaired) electrons. The van der Waals surface area contributed by atoms with Crippen molar-refractivity contribution >= 4 is 29.5 Å². The van der Waals surface area contributed by atoms with Crippen LogP contribution in [0.15, 0.2) is 17.2 Å². The highest BCUT2D eigenvalue weighted by Gasteiger charge is 2.55. The Bertz CT molecular complexity index is 981. The van der Waals surface area contributed by atoms with Crippen LogP contribution in [-0.2, 0) is 4.79 Å². The van der Waals surface area contributed by atoms with Crippen molar-refractivity contribution in [1.29, 1.82) is 0 Å². The second-order valence-electron chi connectivity index (χ2n) is 11.9. The lowest BCUT2D eigenvalue weighted by atomic mass is 9.52. The van der Waals surface area contributed by atoms with Crippen LogP contribution in [0, 0.1) is 23.7 Å². The first-order chi connectivity index (χ1) is 16.8. The summed E-state index contributed by atoms with van der Waals surface area (Å²) in [6.07, 6.45) is 10.7. The van der Waals surface area contributed by atoms with Gasteiger partial charge in [-0.25, -0.2) is 4.98 Å². The lowest BCUT2D eigenvalue weighted by Gasteiger charge is -2.58. The number of carboxylic acid groups (broad SMARTS) is 1. The molecule has 7 rings (SSSR count). The number of aliphatic hydroxyl groups is 1. The summed E-state index contributed by atoms with van der Waals surface area (Å²) in [6, 6.07) is 4.03. The van der Waals surface area contributed by atoms with E-state index in [1.54, 1.807) is 11.8 Å². The zero-order valence-electron chi connectivity index (χ0n) is 20.3. The molecular formula is C27H37N3O4S. The lowest BCUT2D eigenvalue weighted by Crippen LogP contribution is -2.61. The van der Waals surface area contributed by atoms with E-state index in [1.807, 2.05) is 12.1 Å². The number of carbonyl (C=O) groups excluding carboxylic acids is 1. The number of carbonyl (C=O) groups is 2. The fraction of sp³-hybridized carbons (Fsp3) is 0.741. The number of pyridine rings is 1. The van der Waals surface area contributed by atoms with Crippen LogP contribution >= 0.6 is 11.8 Å². The van der Waals surface area contributed by atoms with Gasteiger partial charge in [0.05, 0.1) is 11.2 Å². The van der Waals surface area contributed by atoms with Crippen LogP contribution in [0.2, 0.25) is 0 Å². The van der Waals surface area contributed by atoms with Crippen molar-refractivity contribution in [3.05, 3.63) is 17.7 Å². The Morgan fingerprint density at radius 3 is 2.54 bits per heavy atom. The maximum absolute atomic E-state index is 13.6. The van der Waals surface area contributed by atoms with Crippen molar-refractivity contribution in [3.8, 4) is 0 Å². The van der Waals surface area contributed by atoms with Crippen molar-refractivity contribution in [2.75, 3.05) is 18.0 Å². The van der Waals surface area contributed by atoms with Crippen LogP contribution in [0.5, 0.6) is 0 Å². The van der Waals surface area contributed by atoms with Crippen molar-refractivity contribution < 1.29 is 19.8 Å². The second kappa shape index (κ2) is 9.25. The van der Waals surface area contributed by atoms with E-state index in [-0.39, 0.29) is 24.3 Å². The molecule has 1 aromatic rings. The van der Waals surface area contributed by atoms with Gasteiger partial charge in [-0.1, -0.05) is 12.8 Å². The first-order valence-corrected chi connectivity index (χ1v) is 14.4. The monoisotopic (exact) mass is 499 g/mol. The van der Waals surface area contributed by atoms with Crippen molar-refractivity contribution in [3.63, 3.8) is 0 Å². The number of anilines is 1. The summed E-state index contributed by atoms with van der Waals surface area (Å²) in [7, 11) is 0. The summed E-state index contributed by atoms with van der Waals surface area (Å²) in [4.78, 5) is 31.9. The molecule has 4 bridgehead atoms. The molecule has 3 atom stereocenters. The second-order valence-corrected chi connectivity index (χ2v) is 13.2. The molecular weight excluding hydrogens is 462 g/mol. The minimum absolute atomic E-state index is 0.0285. The number of aromatic nitrogens is 1. The van der Waals surface area contributed by atoms with E-state index >= 15 is 0 Å². The Morgan fingerprint density at radius 1 is 1.11 bits per heavy atom. The number of hydrogen-bond donors (Lipinski definition) is 3. The molecule has 1 saturated heterocycles. The zero-order valence-corrected chi connectivity index (χ0v) is 21.1. The van der Waals surface area contributed by atoms with Gasteiger partial charge in [-0.15, -0.1) is 11.8 Å². The summed E-state index contributed by atoms with van der Waals surface area (Å²) in [5.41, 5.74) is 0.165. The van der Waals surface area contributed by atoms with E-state index in [2.05, 4.69) is 10.2 Å². The molecule has 0 aromatic carbocycles. The van der Waals surface area contributed by atoms with Gasteiger partial charge in [0.15, 0.2) is 0 Å². The molecule has 35 heavy (non-hydrogen) atoms. The zero-order chi connectivity index (χ0) is 24.2. The first kappa shape index (κ1) is 23.6. The molecule has 1 aliphatic heterocycles. The van der Waals surface area contributed by atoms with Crippen LogP contribution in [0.25, 0.3) is 0 Å². The van der Waals surface area contributed by atoms with E-state index in [9.17, 15) is 14.7 Å². The van der Waals surface area contributed by atoms with Crippen molar-refractivity contribution in [2.45, 2.75) is 92.5 Å². The highest BCUT2D eigenvalue weighted by molar-refractivity contribution is 7.99. The van der Waals surface area contributed by atoms with Crippen LogP contribution in [0.1, 0.15) is 81.0 Å². The van der Waals surface area contributed by atoms with Gasteiger partial charge in [0, 0.05) is 30.8 Å². The predicted octanol–water partition coefficient (Wildman–Crippen LogP) is 4.09. The molecule has 2 unspecified atom stereocenters. The van der Waals surface area contributed by atoms with E-state index in [0.29, 0.717) is 35.1 Å². The maximum atomic E-state index is 13.6. The number of thioether (sulfide) groups is 1. The Kier molecular flexibility index (Phi) is 6.24. The standard InChI is InChI=1S/C27H37N3O4S/c31-23(32)11-16-7-8-30(15-16)22-6-5-21(26(28-22)35-20-3-1-2-4-20)25(33)29-24-18-9-17-10-19(24)14-27(34,12-17)13-18/h5-6,16-20,24,34H,1-4,7-15H2,(H,29,33)(H,31,32)/t16-,17?,18?,19?,24-,27-/m0/s1. The Hall–Kier alpha value is -1.80. The average molecular weight is 500 g/mol. The molecule has 2 heterocycles. The van der Waals surface area contributed by atoms with Crippen molar-refractivity contribution in [1.82, 2.24) is 10.3 Å². The Labute approximate surface area is 211 Å². The molecule has 5 saturated carbocycles. The van der Waals surface area contributed by atoms with Gasteiger partial charge in [-0.2, -0.15) is 0 Å². The summed E-state index contributed by atoms with van der Waals surface area (Å²) < 4.78 is 0. The summed E-state index contributed by atoms with van der Waals surface area (Å²) in [6.45, 7) is 1.51. The van der Waals surface area contributed by atoms with Crippen LogP contribution in [0.3, 0.4) is 0 Å². The van der Waals surface area contributed by atoms with Crippen LogP contribution in [0.4, 0.5) is 5.82 Å². The van der Waals surface area contributed by atoms with Gasteiger partial charge in [0.2, 0.25) is 0 Å². The normalized spacial score (nSPS) is 36.1. The highest BCUT2D eigenvalue weighted by atomic mass is 32.2. The molecule has 6 aliphatic rings. The first-order valence-electron chi connectivity index (χ1n) is 13.5. The third-order valence-electron chi connectivity index (χ3n) is 9.28. The van der Waals surface area contributed by atoms with E-state index < -0.39 is 11.6 Å². The van der Waals surface area contributed by atoms with Gasteiger partial charge in [0.1, 0.15) is 10.8 Å². The number of carboxylic acids is 1. The van der Waals surface area contributed by atoms with Crippen LogP contribution < -0.4 is 10.2 Å². The van der Waals surface area contributed by atoms with E-state index in [1.165, 1.54) is 12.8 Å². The molecule has 6 fully saturated rings. The molecule has 1 amide bonds. The largest absolute Gasteiger partial charge is 0.481 e. The molecule has 1 aromatic heterocycles. The third kappa shape index (κ3) is 4.80. The highest BCUT2D eigenvalue weighted by Crippen LogP contribution is 2.55. The molecule has 7 nitrogen and oxygen atoms in total. The van der Waals surface area contributed by atoms with E-state index in [4.69, 9.17) is 10.1 Å². The summed E-state index contributed by atoms with van der Waals surface area (Å²) >= 11 is 1.75. The Morgan fingerprint density at radius 2 is 1.86 bits per heavy atom. The number of hydrogen-bond acceptors (Lipinski definition) is 6. The quantitative estimate of drug-likeness (QED) is 0.519. The fourth-order valence-electron chi connectivity index (χ4n) is 7.93. The smallest absolute Gasteiger partial charge is 0.303 e. The van der Waals surface area contributed by atoms with Crippen LogP contribution in [-0.4, -0.2) is 57.1 Å². The molecule has 5 aliphatic carbocycles. The lowest BCUT2D eigenvalue weighted by molar-refractivity contribution is -0.138. The van der Waals surface area contributed by atoms with Gasteiger partial charge in [-0.3, -0.25) is 9.59 Å². The molecule has 3 N–H and O–H groups in total. The minimum Gasteiger partial charge on any atom is -0.481 e. The van der Waals surface area contributed by atoms with Gasteiger partial charge < -0.3 is 20.4 Å². The number of aliphatic carboxylic acids is 1. The minimum atomic E-state index is -0.744.